The molecule has 0 fully saturated rings. The number of aromatic nitrogens is 2. The van der Waals surface area contributed by atoms with Crippen molar-refractivity contribution in [3.05, 3.63) is 27.9 Å². The minimum atomic E-state index is -0.245. The summed E-state index contributed by atoms with van der Waals surface area (Å²) in [6.07, 6.45) is 3.94. The summed E-state index contributed by atoms with van der Waals surface area (Å²) < 4.78 is 6.70. The van der Waals surface area contributed by atoms with E-state index in [1.54, 1.807) is 6.20 Å². The zero-order valence-electron chi connectivity index (χ0n) is 8.07. The van der Waals surface area contributed by atoms with Crippen molar-refractivity contribution < 1.29 is 4.74 Å². The maximum absolute atomic E-state index is 11.4. The molecule has 0 amide bonds. The van der Waals surface area contributed by atoms with Crippen molar-refractivity contribution in [1.29, 1.82) is 0 Å². The first kappa shape index (κ1) is 11.2. The zero-order valence-corrected chi connectivity index (χ0v) is 8.83. The maximum atomic E-state index is 11.4. The van der Waals surface area contributed by atoms with Crippen molar-refractivity contribution in [2.45, 2.75) is 19.9 Å². The summed E-state index contributed by atoms with van der Waals surface area (Å²) in [4.78, 5) is 15.0. The summed E-state index contributed by atoms with van der Waals surface area (Å²) in [6, 6.07) is 0. The normalized spacial score (nSPS) is 10.4. The van der Waals surface area contributed by atoms with Crippen LogP contribution in [0.1, 0.15) is 13.3 Å². The first-order valence-corrected chi connectivity index (χ1v) is 4.92. The summed E-state index contributed by atoms with van der Waals surface area (Å²) in [7, 11) is 0. The molecule has 0 saturated heterocycles. The van der Waals surface area contributed by atoms with Gasteiger partial charge in [0.15, 0.2) is 5.15 Å². The Labute approximate surface area is 87.5 Å². The van der Waals surface area contributed by atoms with Gasteiger partial charge in [-0.2, -0.15) is 0 Å². The lowest BCUT2D eigenvalue weighted by Gasteiger charge is -2.04. The minimum Gasteiger partial charge on any atom is -0.382 e. The van der Waals surface area contributed by atoms with Crippen molar-refractivity contribution in [2.24, 2.45) is 0 Å². The number of hydrogen-bond acceptors (Lipinski definition) is 3. The van der Waals surface area contributed by atoms with Gasteiger partial charge in [0.25, 0.3) is 5.56 Å². The predicted molar refractivity (Wildman–Crippen MR) is 54.6 cm³/mol. The van der Waals surface area contributed by atoms with Crippen LogP contribution in [0.4, 0.5) is 0 Å². The first-order chi connectivity index (χ1) is 6.75. The molecule has 1 heterocycles. The molecule has 14 heavy (non-hydrogen) atoms. The highest BCUT2D eigenvalue weighted by molar-refractivity contribution is 6.29. The smallest absolute Gasteiger partial charge is 0.288 e. The third-order valence-corrected chi connectivity index (χ3v) is 2.02. The second-order valence-corrected chi connectivity index (χ2v) is 3.13. The number of ether oxygens (including phenoxy) is 1. The van der Waals surface area contributed by atoms with E-state index >= 15 is 0 Å². The lowest BCUT2D eigenvalue weighted by Crippen LogP contribution is -2.21. The van der Waals surface area contributed by atoms with E-state index in [9.17, 15) is 4.79 Å². The Morgan fingerprint density at radius 3 is 3.14 bits per heavy atom. The highest BCUT2D eigenvalue weighted by Crippen LogP contribution is 1.95. The van der Waals surface area contributed by atoms with Crippen molar-refractivity contribution in [3.63, 3.8) is 0 Å². The molecule has 1 rings (SSSR count). The molecule has 0 unspecified atom stereocenters. The van der Waals surface area contributed by atoms with E-state index in [0.717, 1.165) is 6.42 Å². The fraction of sp³-hybridized carbons (Fsp3) is 0.556. The number of rotatable bonds is 5. The molecule has 1 aromatic rings. The number of nitrogens with zero attached hydrogens (tertiary/aromatic N) is 2. The Balaban J connectivity index is 2.51. The summed E-state index contributed by atoms with van der Waals surface area (Å²) in [5, 5.41) is 0.0175. The lowest BCUT2D eigenvalue weighted by molar-refractivity contribution is 0.141. The van der Waals surface area contributed by atoms with Crippen molar-refractivity contribution in [1.82, 2.24) is 9.55 Å². The summed E-state index contributed by atoms with van der Waals surface area (Å²) in [5.41, 5.74) is -0.245. The van der Waals surface area contributed by atoms with E-state index in [1.807, 2.05) is 6.92 Å². The minimum absolute atomic E-state index is 0.0175. The van der Waals surface area contributed by atoms with Crippen LogP contribution in [0.3, 0.4) is 0 Å². The van der Waals surface area contributed by atoms with E-state index in [1.165, 1.54) is 10.8 Å². The van der Waals surface area contributed by atoms with Gasteiger partial charge < -0.3 is 9.30 Å². The van der Waals surface area contributed by atoms with Gasteiger partial charge in [0.05, 0.1) is 0 Å². The molecule has 78 valence electrons. The lowest BCUT2D eigenvalue weighted by atomic mass is 10.4. The molecule has 0 saturated carbocycles. The standard InChI is InChI=1S/C9H13ClN2O2/c1-2-14-7-3-5-12-6-4-11-8(10)9(12)13/h4,6H,2-3,5,7H2,1H3. The van der Waals surface area contributed by atoms with Crippen LogP contribution < -0.4 is 5.56 Å². The third kappa shape index (κ3) is 3.12. The molecule has 0 aromatic carbocycles. The molecule has 5 heteroatoms. The SMILES string of the molecule is CCOCCCn1ccnc(Cl)c1=O. The first-order valence-electron chi connectivity index (χ1n) is 4.54. The quantitative estimate of drug-likeness (QED) is 0.698. The fourth-order valence-corrected chi connectivity index (χ4v) is 1.24. The second kappa shape index (κ2) is 5.78. The van der Waals surface area contributed by atoms with Crippen molar-refractivity contribution in [2.75, 3.05) is 13.2 Å². The molecular formula is C9H13ClN2O2. The Hall–Kier alpha value is -0.870. The van der Waals surface area contributed by atoms with Gasteiger partial charge in [-0.3, -0.25) is 4.79 Å². The average Bonchev–Trinajstić information content (AvgIpc) is 2.19. The van der Waals surface area contributed by atoms with Crippen LogP contribution in [0.15, 0.2) is 17.2 Å². The van der Waals surface area contributed by atoms with E-state index in [0.29, 0.717) is 19.8 Å². The maximum Gasteiger partial charge on any atom is 0.288 e. The van der Waals surface area contributed by atoms with Crippen LogP contribution in [0, 0.1) is 0 Å². The molecule has 0 aliphatic carbocycles. The molecule has 1 aromatic heterocycles. The highest BCUT2D eigenvalue weighted by Gasteiger charge is 2.00. The van der Waals surface area contributed by atoms with Gasteiger partial charge in [-0.1, -0.05) is 11.6 Å². The predicted octanol–water partition coefficient (Wildman–Crippen LogP) is 1.32. The Morgan fingerprint density at radius 2 is 2.43 bits per heavy atom. The largest absolute Gasteiger partial charge is 0.382 e. The number of halogens is 1. The molecule has 0 bridgehead atoms. The molecule has 0 aliphatic heterocycles. The summed E-state index contributed by atoms with van der Waals surface area (Å²) >= 11 is 5.58. The third-order valence-electron chi connectivity index (χ3n) is 1.76. The van der Waals surface area contributed by atoms with Crippen molar-refractivity contribution >= 4 is 11.6 Å². The van der Waals surface area contributed by atoms with Crippen LogP contribution in [0.2, 0.25) is 5.15 Å². The van der Waals surface area contributed by atoms with Crippen LogP contribution >= 0.6 is 11.6 Å². The molecule has 0 aliphatic rings. The summed E-state index contributed by atoms with van der Waals surface area (Å²) in [6.45, 7) is 3.91. The Bertz CT molecular complexity index is 338. The van der Waals surface area contributed by atoms with Crippen molar-refractivity contribution in [3.8, 4) is 0 Å². The average molecular weight is 217 g/mol. The molecule has 4 nitrogen and oxygen atoms in total. The van der Waals surface area contributed by atoms with E-state index < -0.39 is 0 Å². The van der Waals surface area contributed by atoms with Crippen LogP contribution in [0.5, 0.6) is 0 Å². The molecule has 0 atom stereocenters. The van der Waals surface area contributed by atoms with Gasteiger partial charge in [0.2, 0.25) is 0 Å². The Morgan fingerprint density at radius 1 is 1.64 bits per heavy atom. The van der Waals surface area contributed by atoms with Gasteiger partial charge in [-0.25, -0.2) is 4.98 Å². The zero-order chi connectivity index (χ0) is 10.4. The van der Waals surface area contributed by atoms with Gasteiger partial charge >= 0.3 is 0 Å². The fourth-order valence-electron chi connectivity index (χ4n) is 1.08. The van der Waals surface area contributed by atoms with Gasteiger partial charge in [-0.15, -0.1) is 0 Å². The van der Waals surface area contributed by atoms with Gasteiger partial charge in [0.1, 0.15) is 0 Å². The molecule has 0 radical (unpaired) electrons. The highest BCUT2D eigenvalue weighted by atomic mass is 35.5. The number of hydrogen-bond donors (Lipinski definition) is 0. The molecule has 0 spiro atoms. The van der Waals surface area contributed by atoms with E-state index in [2.05, 4.69) is 4.98 Å². The van der Waals surface area contributed by atoms with E-state index in [-0.39, 0.29) is 10.7 Å². The van der Waals surface area contributed by atoms with Gasteiger partial charge in [0, 0.05) is 32.2 Å². The number of aryl methyl sites for hydroxylation is 1. The second-order valence-electron chi connectivity index (χ2n) is 2.77. The van der Waals surface area contributed by atoms with Crippen LogP contribution in [-0.4, -0.2) is 22.8 Å². The van der Waals surface area contributed by atoms with Crippen LogP contribution in [0.25, 0.3) is 0 Å². The van der Waals surface area contributed by atoms with E-state index in [4.69, 9.17) is 16.3 Å². The monoisotopic (exact) mass is 216 g/mol. The van der Waals surface area contributed by atoms with Gasteiger partial charge in [-0.05, 0) is 13.3 Å². The topological polar surface area (TPSA) is 44.1 Å². The van der Waals surface area contributed by atoms with Crippen LogP contribution in [-0.2, 0) is 11.3 Å². The Kier molecular flexibility index (Phi) is 4.62. The molecule has 0 N–H and O–H groups in total. The molecular weight excluding hydrogens is 204 g/mol. The summed E-state index contributed by atoms with van der Waals surface area (Å²) in [5.74, 6) is 0.